The Morgan fingerprint density at radius 2 is 2.06 bits per heavy atom. The van der Waals surface area contributed by atoms with Crippen molar-refractivity contribution in [1.29, 1.82) is 0 Å². The third kappa shape index (κ3) is 1.16. The lowest BCUT2D eigenvalue weighted by molar-refractivity contribution is -0.115. The summed E-state index contributed by atoms with van der Waals surface area (Å²) in [6.45, 7) is 6.67. The number of carbonyl (C=O) groups is 1. The zero-order valence-corrected chi connectivity index (χ0v) is 10.1. The van der Waals surface area contributed by atoms with Crippen LogP contribution in [0.4, 0.5) is 5.69 Å². The molecule has 0 radical (unpaired) electrons. The van der Waals surface area contributed by atoms with E-state index in [4.69, 9.17) is 0 Å². The van der Waals surface area contributed by atoms with Crippen molar-refractivity contribution >= 4 is 11.6 Å². The fourth-order valence-electron chi connectivity index (χ4n) is 3.33. The van der Waals surface area contributed by atoms with Crippen LogP contribution in [0.2, 0.25) is 0 Å². The zero-order valence-electron chi connectivity index (χ0n) is 10.1. The summed E-state index contributed by atoms with van der Waals surface area (Å²) in [4.78, 5) is 11.5. The molecule has 1 amide bonds. The Kier molecular flexibility index (Phi) is 1.91. The van der Waals surface area contributed by atoms with Gasteiger partial charge in [-0.1, -0.05) is 19.9 Å². The molecule has 0 spiro atoms. The molecule has 84 valence electrons. The summed E-state index contributed by atoms with van der Waals surface area (Å²) in [6, 6.07) is 2.29. The fraction of sp³-hybridized carbons (Fsp3) is 0.500. The number of benzene rings is 1. The summed E-state index contributed by atoms with van der Waals surface area (Å²) in [5, 5.41) is 3.05. The second kappa shape index (κ2) is 3.09. The molecule has 1 heterocycles. The van der Waals surface area contributed by atoms with E-state index in [2.05, 4.69) is 32.2 Å². The van der Waals surface area contributed by atoms with Gasteiger partial charge in [0.05, 0.1) is 6.42 Å². The minimum atomic E-state index is 0.151. The van der Waals surface area contributed by atoms with Crippen molar-refractivity contribution in [3.05, 3.63) is 28.3 Å². The lowest BCUT2D eigenvalue weighted by Crippen LogP contribution is -2.05. The number of hydrogen-bond acceptors (Lipinski definition) is 1. The molecule has 1 aromatic carbocycles. The molecule has 2 heteroatoms. The van der Waals surface area contributed by atoms with Crippen LogP contribution < -0.4 is 5.32 Å². The van der Waals surface area contributed by atoms with Crippen molar-refractivity contribution < 1.29 is 4.79 Å². The maximum absolute atomic E-state index is 11.5. The van der Waals surface area contributed by atoms with Gasteiger partial charge in [0.25, 0.3) is 0 Å². The molecule has 0 fully saturated rings. The van der Waals surface area contributed by atoms with Crippen molar-refractivity contribution in [3.8, 4) is 0 Å². The highest BCUT2D eigenvalue weighted by atomic mass is 16.1. The Hall–Kier alpha value is -1.31. The monoisotopic (exact) mass is 215 g/mol. The number of fused-ring (bicyclic) bond motifs is 3. The van der Waals surface area contributed by atoms with Gasteiger partial charge in [-0.05, 0) is 47.4 Å². The van der Waals surface area contributed by atoms with E-state index in [0.717, 1.165) is 5.69 Å². The third-order valence-corrected chi connectivity index (χ3v) is 4.06. The van der Waals surface area contributed by atoms with E-state index < -0.39 is 0 Å². The number of carbonyl (C=O) groups excluding carboxylic acids is 1. The molecule has 0 unspecified atom stereocenters. The molecule has 0 bridgehead atoms. The fourth-order valence-corrected chi connectivity index (χ4v) is 3.33. The molecule has 2 aliphatic rings. The summed E-state index contributed by atoms with van der Waals surface area (Å²) < 4.78 is 0. The summed E-state index contributed by atoms with van der Waals surface area (Å²) >= 11 is 0. The van der Waals surface area contributed by atoms with Gasteiger partial charge in [-0.3, -0.25) is 4.79 Å². The molecule has 0 saturated heterocycles. The summed E-state index contributed by atoms with van der Waals surface area (Å²) in [6.07, 6.45) is 1.77. The maximum Gasteiger partial charge on any atom is 0.228 e. The topological polar surface area (TPSA) is 29.1 Å². The minimum absolute atomic E-state index is 0.151. The highest BCUT2D eigenvalue weighted by Crippen LogP contribution is 2.48. The van der Waals surface area contributed by atoms with Crippen molar-refractivity contribution in [3.63, 3.8) is 0 Å². The number of rotatable bonds is 0. The van der Waals surface area contributed by atoms with Gasteiger partial charge in [-0.15, -0.1) is 0 Å². The average molecular weight is 215 g/mol. The number of hydrogen-bond donors (Lipinski definition) is 1. The van der Waals surface area contributed by atoms with Crippen LogP contribution in [-0.2, 0) is 11.2 Å². The van der Waals surface area contributed by atoms with Crippen LogP contribution >= 0.6 is 0 Å². The predicted octanol–water partition coefficient (Wildman–Crippen LogP) is 3.10. The van der Waals surface area contributed by atoms with Gasteiger partial charge in [0.2, 0.25) is 5.91 Å². The number of aryl methyl sites for hydroxylation is 1. The predicted molar refractivity (Wildman–Crippen MR) is 65.0 cm³/mol. The molecule has 3 rings (SSSR count). The first-order chi connectivity index (χ1) is 7.58. The summed E-state index contributed by atoms with van der Waals surface area (Å²) in [5.74, 6) is 1.36. The number of anilines is 1. The molecular weight excluding hydrogens is 198 g/mol. The zero-order chi connectivity index (χ0) is 11.4. The van der Waals surface area contributed by atoms with Gasteiger partial charge in [0, 0.05) is 5.69 Å². The van der Waals surface area contributed by atoms with Crippen molar-refractivity contribution in [1.82, 2.24) is 0 Å². The Balaban J connectivity index is 2.27. The molecule has 1 aliphatic heterocycles. The van der Waals surface area contributed by atoms with Crippen LogP contribution in [0.25, 0.3) is 0 Å². The lowest BCUT2D eigenvalue weighted by atomic mass is 9.94. The van der Waals surface area contributed by atoms with Crippen LogP contribution in [0.3, 0.4) is 0 Å². The third-order valence-electron chi connectivity index (χ3n) is 4.06. The van der Waals surface area contributed by atoms with E-state index in [0.29, 0.717) is 18.3 Å². The van der Waals surface area contributed by atoms with Gasteiger partial charge in [0.1, 0.15) is 0 Å². The van der Waals surface area contributed by atoms with E-state index in [1.807, 2.05) is 0 Å². The smallest absolute Gasteiger partial charge is 0.228 e. The first-order valence-electron chi connectivity index (χ1n) is 6.04. The Labute approximate surface area is 96.1 Å². The SMILES string of the molecule is Cc1cc2c(c3c1CC(=O)N3)[C@H](C)C[C@@H]2C. The van der Waals surface area contributed by atoms with Gasteiger partial charge >= 0.3 is 0 Å². The van der Waals surface area contributed by atoms with E-state index in [1.54, 1.807) is 0 Å². The van der Waals surface area contributed by atoms with Gasteiger partial charge in [0.15, 0.2) is 0 Å². The second-order valence-electron chi connectivity index (χ2n) is 5.31. The standard InChI is InChI=1S/C14H17NO/c1-7-4-9(3)13-10(7)5-8(2)11-6-12(16)15-14(11)13/h5,7,9H,4,6H2,1-3H3,(H,15,16)/t7-,9+/m0/s1. The van der Waals surface area contributed by atoms with Crippen LogP contribution in [0, 0.1) is 6.92 Å². The number of nitrogens with one attached hydrogen (secondary N) is 1. The molecule has 2 atom stereocenters. The first-order valence-corrected chi connectivity index (χ1v) is 6.04. The molecular formula is C14H17NO. The summed E-state index contributed by atoms with van der Waals surface area (Å²) in [5.41, 5.74) is 6.49. The molecule has 0 aromatic heterocycles. The van der Waals surface area contributed by atoms with E-state index in [9.17, 15) is 4.79 Å². The Morgan fingerprint density at radius 3 is 2.81 bits per heavy atom. The van der Waals surface area contributed by atoms with E-state index >= 15 is 0 Å². The van der Waals surface area contributed by atoms with Crippen LogP contribution in [0.5, 0.6) is 0 Å². The first kappa shape index (κ1) is 9.88. The quantitative estimate of drug-likeness (QED) is 0.708. The molecule has 2 nitrogen and oxygen atoms in total. The lowest BCUT2D eigenvalue weighted by Gasteiger charge is -2.13. The second-order valence-corrected chi connectivity index (χ2v) is 5.31. The van der Waals surface area contributed by atoms with Gasteiger partial charge < -0.3 is 5.32 Å². The number of amides is 1. The van der Waals surface area contributed by atoms with Crippen molar-refractivity contribution in [2.75, 3.05) is 5.32 Å². The van der Waals surface area contributed by atoms with E-state index in [-0.39, 0.29) is 5.91 Å². The highest BCUT2D eigenvalue weighted by Gasteiger charge is 2.33. The van der Waals surface area contributed by atoms with Crippen molar-refractivity contribution in [2.24, 2.45) is 0 Å². The van der Waals surface area contributed by atoms with Crippen LogP contribution in [0.15, 0.2) is 6.07 Å². The van der Waals surface area contributed by atoms with Gasteiger partial charge in [-0.2, -0.15) is 0 Å². The van der Waals surface area contributed by atoms with Crippen LogP contribution in [0.1, 0.15) is 54.4 Å². The normalized spacial score (nSPS) is 26.6. The molecule has 1 N–H and O–H groups in total. The summed E-state index contributed by atoms with van der Waals surface area (Å²) in [7, 11) is 0. The maximum atomic E-state index is 11.5. The van der Waals surface area contributed by atoms with Crippen LogP contribution in [-0.4, -0.2) is 5.91 Å². The minimum Gasteiger partial charge on any atom is -0.325 e. The highest BCUT2D eigenvalue weighted by molar-refractivity contribution is 6.01. The Morgan fingerprint density at radius 1 is 1.31 bits per heavy atom. The largest absolute Gasteiger partial charge is 0.325 e. The molecule has 1 aliphatic carbocycles. The average Bonchev–Trinajstić information content (AvgIpc) is 2.69. The van der Waals surface area contributed by atoms with Gasteiger partial charge in [-0.25, -0.2) is 0 Å². The van der Waals surface area contributed by atoms with E-state index in [1.165, 1.54) is 28.7 Å². The van der Waals surface area contributed by atoms with Crippen molar-refractivity contribution in [2.45, 2.75) is 45.4 Å². The molecule has 0 saturated carbocycles. The molecule has 1 aromatic rings. The Bertz CT molecular complexity index is 490. The molecule has 16 heavy (non-hydrogen) atoms.